The molecule has 0 spiro atoms. The zero-order valence-corrected chi connectivity index (χ0v) is 20.0. The molecule has 1 saturated heterocycles. The molecule has 178 valence electrons. The van der Waals surface area contributed by atoms with Gasteiger partial charge in [-0.05, 0) is 38.2 Å². The Morgan fingerprint density at radius 3 is 2.19 bits per heavy atom. The molecule has 1 heterocycles. The van der Waals surface area contributed by atoms with Crippen LogP contribution in [0.1, 0.15) is 54.0 Å². The lowest BCUT2D eigenvalue weighted by Crippen LogP contribution is -2.61. The number of rotatable bonds is 6. The number of carbonyl (C=O) groups is 3. The fraction of sp³-hybridized carbons (Fsp3) is 0.625. The predicted molar refractivity (Wildman–Crippen MR) is 117 cm³/mol. The van der Waals surface area contributed by atoms with Crippen molar-refractivity contribution in [3.63, 3.8) is 0 Å². The zero-order valence-electron chi connectivity index (χ0n) is 20.0. The first-order chi connectivity index (χ1) is 14.9. The summed E-state index contributed by atoms with van der Waals surface area (Å²) in [5.74, 6) is -1.20. The molecule has 1 aliphatic heterocycles. The Bertz CT molecular complexity index is 789. The van der Waals surface area contributed by atoms with E-state index in [4.69, 9.17) is 18.9 Å². The molecule has 0 radical (unpaired) electrons. The molecule has 1 aliphatic rings. The highest BCUT2D eigenvalue weighted by molar-refractivity contribution is 5.91. The van der Waals surface area contributed by atoms with Crippen LogP contribution in [0.15, 0.2) is 30.3 Å². The second-order valence-electron chi connectivity index (χ2n) is 9.22. The summed E-state index contributed by atoms with van der Waals surface area (Å²) in [6.45, 7) is 12.0. The standard InChI is InChI=1S/C24H35NO7/c1-15-16(2)21(25(17(3)26)23(28)32-24(5,6)7)22(31-20(15)14-29-18(4)27)30-13-19-11-9-8-10-12-19/h8-12,15-16,20-22H,13-14H2,1-7H3/t15-,16?,20?,21-,22+/m0/s1. The lowest BCUT2D eigenvalue weighted by Gasteiger charge is -2.47. The zero-order chi connectivity index (χ0) is 24.1. The van der Waals surface area contributed by atoms with Crippen LogP contribution < -0.4 is 0 Å². The topological polar surface area (TPSA) is 91.4 Å². The summed E-state index contributed by atoms with van der Waals surface area (Å²) in [6, 6.07) is 8.81. The van der Waals surface area contributed by atoms with Crippen molar-refractivity contribution < 1.29 is 33.3 Å². The van der Waals surface area contributed by atoms with Crippen molar-refractivity contribution in [2.45, 2.75) is 79.1 Å². The van der Waals surface area contributed by atoms with Gasteiger partial charge in [0.15, 0.2) is 6.29 Å². The van der Waals surface area contributed by atoms with E-state index in [1.165, 1.54) is 13.8 Å². The Labute approximate surface area is 190 Å². The third-order valence-electron chi connectivity index (χ3n) is 5.48. The van der Waals surface area contributed by atoms with Crippen molar-refractivity contribution in [1.82, 2.24) is 4.90 Å². The number of carbonyl (C=O) groups excluding carboxylic acids is 3. The highest BCUT2D eigenvalue weighted by atomic mass is 16.7. The van der Waals surface area contributed by atoms with Crippen molar-refractivity contribution in [1.29, 1.82) is 0 Å². The Hall–Kier alpha value is -2.45. The average molecular weight is 450 g/mol. The van der Waals surface area contributed by atoms with E-state index in [0.717, 1.165) is 10.5 Å². The molecule has 1 aromatic rings. The minimum Gasteiger partial charge on any atom is -0.463 e. The Morgan fingerprint density at radius 2 is 1.66 bits per heavy atom. The van der Waals surface area contributed by atoms with Gasteiger partial charge in [0.05, 0.1) is 18.8 Å². The van der Waals surface area contributed by atoms with Crippen LogP contribution in [0.4, 0.5) is 4.79 Å². The highest BCUT2D eigenvalue weighted by Gasteiger charge is 2.48. The van der Waals surface area contributed by atoms with Crippen molar-refractivity contribution in [3.05, 3.63) is 35.9 Å². The highest BCUT2D eigenvalue weighted by Crippen LogP contribution is 2.36. The van der Waals surface area contributed by atoms with Gasteiger partial charge in [-0.1, -0.05) is 44.2 Å². The van der Waals surface area contributed by atoms with Gasteiger partial charge < -0.3 is 18.9 Å². The maximum atomic E-state index is 13.0. The van der Waals surface area contributed by atoms with Crippen molar-refractivity contribution in [2.24, 2.45) is 11.8 Å². The van der Waals surface area contributed by atoms with Gasteiger partial charge in [0, 0.05) is 13.8 Å². The molecule has 2 rings (SSSR count). The van der Waals surface area contributed by atoms with Crippen LogP contribution in [0.3, 0.4) is 0 Å². The number of amides is 2. The third kappa shape index (κ3) is 7.03. The van der Waals surface area contributed by atoms with Gasteiger partial charge >= 0.3 is 12.1 Å². The second-order valence-corrected chi connectivity index (χ2v) is 9.22. The van der Waals surface area contributed by atoms with E-state index in [1.54, 1.807) is 20.8 Å². The molecule has 0 aliphatic carbocycles. The first-order valence-electron chi connectivity index (χ1n) is 10.9. The first-order valence-corrected chi connectivity index (χ1v) is 10.9. The summed E-state index contributed by atoms with van der Waals surface area (Å²) >= 11 is 0. The van der Waals surface area contributed by atoms with Gasteiger partial charge in [-0.15, -0.1) is 0 Å². The summed E-state index contributed by atoms with van der Waals surface area (Å²) in [5.41, 5.74) is 0.150. The minimum atomic E-state index is -0.918. The lowest BCUT2D eigenvalue weighted by atomic mass is 9.81. The Morgan fingerprint density at radius 1 is 1.03 bits per heavy atom. The molecule has 0 aromatic heterocycles. The summed E-state index contributed by atoms with van der Waals surface area (Å²) in [7, 11) is 0. The normalized spacial score (nSPS) is 25.7. The Balaban J connectivity index is 2.33. The molecule has 0 N–H and O–H groups in total. The van der Waals surface area contributed by atoms with Gasteiger partial charge in [-0.25, -0.2) is 9.69 Å². The van der Waals surface area contributed by atoms with E-state index in [1.807, 2.05) is 44.2 Å². The van der Waals surface area contributed by atoms with Crippen molar-refractivity contribution >= 4 is 18.0 Å². The van der Waals surface area contributed by atoms with E-state index in [0.29, 0.717) is 0 Å². The quantitative estimate of drug-likeness (QED) is 0.608. The van der Waals surface area contributed by atoms with Crippen LogP contribution in [0, 0.1) is 11.8 Å². The molecule has 1 aromatic carbocycles. The largest absolute Gasteiger partial charge is 0.463 e. The summed E-state index contributed by atoms with van der Waals surface area (Å²) in [6.07, 6.45) is -2.11. The molecule has 0 saturated carbocycles. The van der Waals surface area contributed by atoms with Crippen LogP contribution in [-0.2, 0) is 35.1 Å². The fourth-order valence-electron chi connectivity index (χ4n) is 3.68. The maximum Gasteiger partial charge on any atom is 0.417 e. The molecule has 8 nitrogen and oxygen atoms in total. The number of benzene rings is 1. The fourth-order valence-corrected chi connectivity index (χ4v) is 3.68. The number of nitrogens with zero attached hydrogens (tertiary/aromatic N) is 1. The molecule has 2 amide bonds. The van der Waals surface area contributed by atoms with Crippen molar-refractivity contribution in [2.75, 3.05) is 6.61 Å². The molecular weight excluding hydrogens is 414 g/mol. The summed E-state index contributed by atoms with van der Waals surface area (Å²) < 4.78 is 22.9. The Kier molecular flexibility index (Phi) is 8.81. The average Bonchev–Trinajstić information content (AvgIpc) is 2.69. The smallest absolute Gasteiger partial charge is 0.417 e. The summed E-state index contributed by atoms with van der Waals surface area (Å²) in [5, 5.41) is 0. The van der Waals surface area contributed by atoms with Gasteiger partial charge in [-0.2, -0.15) is 0 Å². The number of ether oxygens (including phenoxy) is 4. The van der Waals surface area contributed by atoms with E-state index in [-0.39, 0.29) is 25.0 Å². The van der Waals surface area contributed by atoms with Gasteiger partial charge in [0.1, 0.15) is 12.2 Å². The molecule has 8 heteroatoms. The predicted octanol–water partition coefficient (Wildman–Crippen LogP) is 3.92. The SMILES string of the molecule is CC(=O)OCC1O[C@@H](OCc2ccccc2)[C@@H](N(C(C)=O)C(=O)OC(C)(C)C)C(C)[C@@H]1C. The monoisotopic (exact) mass is 449 g/mol. The second kappa shape index (κ2) is 10.9. The minimum absolute atomic E-state index is 0.0608. The molecule has 0 bridgehead atoms. The number of hydrogen-bond acceptors (Lipinski definition) is 7. The van der Waals surface area contributed by atoms with E-state index >= 15 is 0 Å². The van der Waals surface area contributed by atoms with E-state index < -0.39 is 42.0 Å². The van der Waals surface area contributed by atoms with E-state index in [2.05, 4.69) is 0 Å². The molecule has 2 unspecified atom stereocenters. The molecular formula is C24H35NO7. The molecule has 32 heavy (non-hydrogen) atoms. The molecule has 1 fully saturated rings. The third-order valence-corrected chi connectivity index (χ3v) is 5.48. The van der Waals surface area contributed by atoms with Gasteiger partial charge in [0.2, 0.25) is 5.91 Å². The first kappa shape index (κ1) is 25.8. The maximum absolute atomic E-state index is 13.0. The van der Waals surface area contributed by atoms with E-state index in [9.17, 15) is 14.4 Å². The van der Waals surface area contributed by atoms with Crippen LogP contribution in [0.25, 0.3) is 0 Å². The molecule has 5 atom stereocenters. The van der Waals surface area contributed by atoms with Crippen molar-refractivity contribution in [3.8, 4) is 0 Å². The van der Waals surface area contributed by atoms with Crippen LogP contribution in [0.5, 0.6) is 0 Å². The van der Waals surface area contributed by atoms with Gasteiger partial charge in [0.25, 0.3) is 0 Å². The van der Waals surface area contributed by atoms with Crippen LogP contribution >= 0.6 is 0 Å². The van der Waals surface area contributed by atoms with Crippen LogP contribution in [-0.4, -0.2) is 53.5 Å². The number of imide groups is 1. The lowest BCUT2D eigenvalue weighted by molar-refractivity contribution is -0.261. The summed E-state index contributed by atoms with van der Waals surface area (Å²) in [4.78, 5) is 38.0. The van der Waals surface area contributed by atoms with Gasteiger partial charge in [-0.3, -0.25) is 9.59 Å². The van der Waals surface area contributed by atoms with Crippen LogP contribution in [0.2, 0.25) is 0 Å². The number of esters is 1. The number of hydrogen-bond donors (Lipinski definition) is 0.